The fraction of sp³-hybridized carbons (Fsp3) is 0.857. The third-order valence-electron chi connectivity index (χ3n) is 3.31. The zero-order valence-electron chi connectivity index (χ0n) is 12.2. The van der Waals surface area contributed by atoms with E-state index in [9.17, 15) is 19.8 Å². The van der Waals surface area contributed by atoms with Gasteiger partial charge in [-0.15, -0.1) is 0 Å². The van der Waals surface area contributed by atoms with Crippen molar-refractivity contribution < 1.29 is 24.9 Å². The van der Waals surface area contributed by atoms with Gasteiger partial charge in [-0.25, -0.2) is 0 Å². The van der Waals surface area contributed by atoms with Gasteiger partial charge >= 0.3 is 5.97 Å². The monoisotopic (exact) mass is 289 g/mol. The van der Waals surface area contributed by atoms with Crippen LogP contribution in [0.1, 0.15) is 58.3 Å². The van der Waals surface area contributed by atoms with Crippen molar-refractivity contribution >= 4 is 11.9 Å². The van der Waals surface area contributed by atoms with Crippen LogP contribution in [0.5, 0.6) is 0 Å². The van der Waals surface area contributed by atoms with Crippen molar-refractivity contribution in [1.29, 1.82) is 0 Å². The number of carboxylic acids is 1. The Bertz CT molecular complexity index is 289. The second-order valence-electron chi connectivity index (χ2n) is 5.20. The van der Waals surface area contributed by atoms with Crippen molar-refractivity contribution in [3.05, 3.63) is 0 Å². The van der Waals surface area contributed by atoms with Gasteiger partial charge in [0.2, 0.25) is 5.91 Å². The Hall–Kier alpha value is -1.14. The Morgan fingerprint density at radius 1 is 1.00 bits per heavy atom. The predicted octanol–water partition coefficient (Wildman–Crippen LogP) is 1.05. The zero-order chi connectivity index (χ0) is 15.4. The van der Waals surface area contributed by atoms with Crippen LogP contribution in [0.15, 0.2) is 0 Å². The number of aliphatic hydroxyl groups is 2. The summed E-state index contributed by atoms with van der Waals surface area (Å²) < 4.78 is 0. The first-order chi connectivity index (χ1) is 9.49. The van der Waals surface area contributed by atoms with Gasteiger partial charge < -0.3 is 20.6 Å². The maximum Gasteiger partial charge on any atom is 0.303 e. The van der Waals surface area contributed by atoms with Crippen LogP contribution in [0.2, 0.25) is 0 Å². The van der Waals surface area contributed by atoms with Gasteiger partial charge in [0.25, 0.3) is 0 Å². The molecular weight excluding hydrogens is 262 g/mol. The van der Waals surface area contributed by atoms with Gasteiger partial charge in [0, 0.05) is 12.8 Å². The molecule has 0 unspecified atom stereocenters. The number of amides is 1. The Morgan fingerprint density at radius 3 is 2.15 bits per heavy atom. The molecule has 0 heterocycles. The van der Waals surface area contributed by atoms with Gasteiger partial charge in [-0.3, -0.25) is 9.59 Å². The fourth-order valence-electron chi connectivity index (χ4n) is 2.00. The Labute approximate surface area is 120 Å². The van der Waals surface area contributed by atoms with Gasteiger partial charge in [-0.05, 0) is 12.8 Å². The molecule has 0 bridgehead atoms. The minimum atomic E-state index is -0.992. The first-order valence-corrected chi connectivity index (χ1v) is 7.24. The molecule has 6 heteroatoms. The van der Waals surface area contributed by atoms with Gasteiger partial charge in [0.15, 0.2) is 0 Å². The highest BCUT2D eigenvalue weighted by Crippen LogP contribution is 2.16. The quantitative estimate of drug-likeness (QED) is 0.402. The lowest BCUT2D eigenvalue weighted by molar-refractivity contribution is -0.137. The molecule has 0 aromatic carbocycles. The van der Waals surface area contributed by atoms with E-state index in [1.807, 2.05) is 0 Å². The van der Waals surface area contributed by atoms with Crippen molar-refractivity contribution in [1.82, 2.24) is 5.32 Å². The SMILES string of the molecule is CCCCCCC(CO)(CO)NC(=O)CCCC(=O)O. The molecule has 0 aliphatic rings. The molecule has 4 N–H and O–H groups in total. The molecule has 0 fully saturated rings. The number of hydrogen-bond acceptors (Lipinski definition) is 4. The Balaban J connectivity index is 4.21. The van der Waals surface area contributed by atoms with E-state index in [-0.39, 0.29) is 38.4 Å². The third kappa shape index (κ3) is 8.12. The van der Waals surface area contributed by atoms with E-state index in [0.29, 0.717) is 6.42 Å². The highest BCUT2D eigenvalue weighted by molar-refractivity contribution is 5.77. The van der Waals surface area contributed by atoms with Gasteiger partial charge in [0.05, 0.1) is 18.8 Å². The number of aliphatic hydroxyl groups excluding tert-OH is 2. The number of carbonyl (C=O) groups is 2. The van der Waals surface area contributed by atoms with Crippen LogP contribution >= 0.6 is 0 Å². The average Bonchev–Trinajstić information content (AvgIpc) is 2.42. The second kappa shape index (κ2) is 10.6. The summed E-state index contributed by atoms with van der Waals surface area (Å²) in [6, 6.07) is 0. The van der Waals surface area contributed by atoms with Gasteiger partial charge in [-0.1, -0.05) is 32.6 Å². The van der Waals surface area contributed by atoms with Crippen molar-refractivity contribution in [2.45, 2.75) is 63.8 Å². The van der Waals surface area contributed by atoms with E-state index in [4.69, 9.17) is 5.11 Å². The lowest BCUT2D eigenvalue weighted by atomic mass is 9.93. The normalized spacial score (nSPS) is 11.3. The molecule has 1 amide bonds. The molecule has 0 spiro atoms. The molecule has 0 aromatic heterocycles. The summed E-state index contributed by atoms with van der Waals surface area (Å²) in [6.07, 6.45) is 4.79. The molecule has 118 valence electrons. The maximum atomic E-state index is 11.7. The topological polar surface area (TPSA) is 107 Å². The van der Waals surface area contributed by atoms with Gasteiger partial charge in [0.1, 0.15) is 0 Å². The first kappa shape index (κ1) is 18.9. The lowest BCUT2D eigenvalue weighted by Crippen LogP contribution is -2.54. The van der Waals surface area contributed by atoms with Crippen molar-refractivity contribution in [3.63, 3.8) is 0 Å². The summed E-state index contributed by atoms with van der Waals surface area (Å²) in [5.41, 5.74) is -0.992. The van der Waals surface area contributed by atoms with E-state index in [2.05, 4.69) is 12.2 Å². The molecule has 0 radical (unpaired) electrons. The molecule has 0 atom stereocenters. The minimum absolute atomic E-state index is 0.0603. The number of hydrogen-bond donors (Lipinski definition) is 4. The molecule has 0 aromatic rings. The van der Waals surface area contributed by atoms with Gasteiger partial charge in [-0.2, -0.15) is 0 Å². The molecule has 0 aliphatic heterocycles. The third-order valence-corrected chi connectivity index (χ3v) is 3.31. The summed E-state index contributed by atoms with van der Waals surface area (Å²) in [7, 11) is 0. The second-order valence-corrected chi connectivity index (χ2v) is 5.20. The maximum absolute atomic E-state index is 11.7. The molecule has 0 aliphatic carbocycles. The van der Waals surface area contributed by atoms with Crippen LogP contribution in [0.4, 0.5) is 0 Å². The molecule has 6 nitrogen and oxygen atoms in total. The van der Waals surface area contributed by atoms with Crippen LogP contribution in [-0.2, 0) is 9.59 Å². The number of nitrogens with one attached hydrogen (secondary N) is 1. The van der Waals surface area contributed by atoms with Crippen LogP contribution in [-0.4, -0.2) is 45.9 Å². The van der Waals surface area contributed by atoms with Crippen molar-refractivity contribution in [2.75, 3.05) is 13.2 Å². The summed E-state index contributed by atoms with van der Waals surface area (Å²) >= 11 is 0. The molecular formula is C14H27NO5. The zero-order valence-corrected chi connectivity index (χ0v) is 12.2. The van der Waals surface area contributed by atoms with Crippen LogP contribution in [0.3, 0.4) is 0 Å². The van der Waals surface area contributed by atoms with E-state index in [1.54, 1.807) is 0 Å². The highest BCUT2D eigenvalue weighted by atomic mass is 16.4. The van der Waals surface area contributed by atoms with E-state index in [0.717, 1.165) is 25.7 Å². The number of carbonyl (C=O) groups excluding carboxylic acids is 1. The Kier molecular flexibility index (Phi) is 10.0. The number of carboxylic acid groups (broad SMARTS) is 1. The van der Waals surface area contributed by atoms with Crippen LogP contribution in [0, 0.1) is 0 Å². The van der Waals surface area contributed by atoms with E-state index < -0.39 is 11.5 Å². The van der Waals surface area contributed by atoms with Crippen molar-refractivity contribution in [3.8, 4) is 0 Å². The summed E-state index contributed by atoms with van der Waals surface area (Å²) in [6.45, 7) is 1.45. The van der Waals surface area contributed by atoms with Crippen LogP contribution < -0.4 is 5.32 Å². The molecule has 0 rings (SSSR count). The van der Waals surface area contributed by atoms with Crippen molar-refractivity contribution in [2.24, 2.45) is 0 Å². The van der Waals surface area contributed by atoms with Crippen LogP contribution in [0.25, 0.3) is 0 Å². The average molecular weight is 289 g/mol. The van der Waals surface area contributed by atoms with E-state index in [1.165, 1.54) is 0 Å². The first-order valence-electron chi connectivity index (χ1n) is 7.24. The summed E-state index contributed by atoms with van der Waals surface area (Å²) in [5.74, 6) is -1.27. The lowest BCUT2D eigenvalue weighted by Gasteiger charge is -2.31. The minimum Gasteiger partial charge on any atom is -0.481 e. The predicted molar refractivity (Wildman–Crippen MR) is 75.3 cm³/mol. The largest absolute Gasteiger partial charge is 0.481 e. The molecule has 20 heavy (non-hydrogen) atoms. The number of aliphatic carboxylic acids is 1. The number of unbranched alkanes of at least 4 members (excludes halogenated alkanes) is 3. The number of rotatable bonds is 12. The van der Waals surface area contributed by atoms with E-state index >= 15 is 0 Å². The summed E-state index contributed by atoms with van der Waals surface area (Å²) in [5, 5.41) is 30.0. The smallest absolute Gasteiger partial charge is 0.303 e. The molecule has 0 saturated heterocycles. The Morgan fingerprint density at radius 2 is 1.65 bits per heavy atom. The highest BCUT2D eigenvalue weighted by Gasteiger charge is 2.29. The standard InChI is InChI=1S/C14H27NO5/c1-2-3-4-5-9-14(10-16,11-17)15-12(18)7-6-8-13(19)20/h16-17H,2-11H2,1H3,(H,15,18)(H,19,20). The summed E-state index contributed by atoms with van der Waals surface area (Å²) in [4.78, 5) is 22.1. The molecule has 0 saturated carbocycles. The fourth-order valence-corrected chi connectivity index (χ4v) is 2.00.